The van der Waals surface area contributed by atoms with Crippen molar-refractivity contribution in [1.82, 2.24) is 5.32 Å². The Labute approximate surface area is 112 Å². The first-order chi connectivity index (χ1) is 7.75. The molecule has 0 bridgehead atoms. The third-order valence-electron chi connectivity index (χ3n) is 3.10. The van der Waals surface area contributed by atoms with Gasteiger partial charge in [-0.05, 0) is 30.7 Å². The SMILES string of the molecule is Cl.NC1CCCC(C(=O)NCc2cccs2)C1. The standard InChI is InChI=1S/C12H18N2OS.ClH/c13-10-4-1-3-9(7-10)12(15)14-8-11-5-2-6-16-11;/h2,5-6,9-10H,1,3-4,7-8,13H2,(H,14,15);1H. The van der Waals surface area contributed by atoms with Crippen LogP contribution in [0.2, 0.25) is 0 Å². The van der Waals surface area contributed by atoms with Crippen LogP contribution in [-0.2, 0) is 11.3 Å². The number of rotatable bonds is 3. The van der Waals surface area contributed by atoms with Gasteiger partial charge in [-0.3, -0.25) is 4.79 Å². The summed E-state index contributed by atoms with van der Waals surface area (Å²) in [6.45, 7) is 0.655. The third-order valence-corrected chi connectivity index (χ3v) is 3.98. The summed E-state index contributed by atoms with van der Waals surface area (Å²) < 4.78 is 0. The highest BCUT2D eigenvalue weighted by molar-refractivity contribution is 7.09. The predicted octanol–water partition coefficient (Wildman–Crippen LogP) is 2.30. The second-order valence-corrected chi connectivity index (χ2v) is 5.45. The third kappa shape index (κ3) is 4.30. The molecule has 1 heterocycles. The van der Waals surface area contributed by atoms with Crippen LogP contribution in [0, 0.1) is 5.92 Å². The van der Waals surface area contributed by atoms with Crippen LogP contribution < -0.4 is 11.1 Å². The van der Waals surface area contributed by atoms with Gasteiger partial charge in [0.1, 0.15) is 0 Å². The molecule has 1 aromatic heterocycles. The van der Waals surface area contributed by atoms with Crippen molar-refractivity contribution in [3.05, 3.63) is 22.4 Å². The van der Waals surface area contributed by atoms with E-state index in [1.165, 1.54) is 4.88 Å². The Morgan fingerprint density at radius 1 is 1.53 bits per heavy atom. The fourth-order valence-corrected chi connectivity index (χ4v) is 2.84. The van der Waals surface area contributed by atoms with Crippen molar-refractivity contribution in [1.29, 1.82) is 0 Å². The Hall–Kier alpha value is -0.580. The summed E-state index contributed by atoms with van der Waals surface area (Å²) in [4.78, 5) is 13.1. The van der Waals surface area contributed by atoms with Crippen molar-refractivity contribution in [2.24, 2.45) is 11.7 Å². The van der Waals surface area contributed by atoms with Gasteiger partial charge in [0, 0.05) is 16.8 Å². The number of thiophene rings is 1. The fourth-order valence-electron chi connectivity index (χ4n) is 2.20. The number of nitrogens with two attached hydrogens (primary N) is 1. The molecule has 3 nitrogen and oxygen atoms in total. The highest BCUT2D eigenvalue weighted by atomic mass is 35.5. The van der Waals surface area contributed by atoms with Crippen molar-refractivity contribution in [3.63, 3.8) is 0 Å². The minimum Gasteiger partial charge on any atom is -0.351 e. The maximum Gasteiger partial charge on any atom is 0.223 e. The maximum absolute atomic E-state index is 11.9. The molecule has 0 aliphatic heterocycles. The van der Waals surface area contributed by atoms with Crippen molar-refractivity contribution in [3.8, 4) is 0 Å². The average molecular weight is 275 g/mol. The van der Waals surface area contributed by atoms with Gasteiger partial charge in [0.2, 0.25) is 5.91 Å². The maximum atomic E-state index is 11.9. The molecule has 1 saturated carbocycles. The van der Waals surface area contributed by atoms with Gasteiger partial charge in [-0.25, -0.2) is 0 Å². The monoisotopic (exact) mass is 274 g/mol. The molecule has 1 aromatic rings. The molecule has 3 N–H and O–H groups in total. The van der Waals surface area contributed by atoms with Crippen molar-refractivity contribution >= 4 is 29.7 Å². The predicted molar refractivity (Wildman–Crippen MR) is 73.3 cm³/mol. The molecule has 2 unspecified atom stereocenters. The molecular weight excluding hydrogens is 256 g/mol. The van der Waals surface area contributed by atoms with E-state index in [0.717, 1.165) is 25.7 Å². The lowest BCUT2D eigenvalue weighted by atomic mass is 9.85. The van der Waals surface area contributed by atoms with Crippen LogP contribution >= 0.6 is 23.7 Å². The number of carbonyl (C=O) groups is 1. The normalized spacial score (nSPS) is 23.8. The lowest BCUT2D eigenvalue weighted by molar-refractivity contribution is -0.126. The van der Waals surface area contributed by atoms with Gasteiger partial charge < -0.3 is 11.1 Å². The Kier molecular flexibility index (Phi) is 5.95. The van der Waals surface area contributed by atoms with Crippen molar-refractivity contribution < 1.29 is 4.79 Å². The lowest BCUT2D eigenvalue weighted by Crippen LogP contribution is -2.37. The molecule has 0 saturated heterocycles. The summed E-state index contributed by atoms with van der Waals surface area (Å²) in [5.74, 6) is 0.298. The molecule has 5 heteroatoms. The van der Waals surface area contributed by atoms with E-state index >= 15 is 0 Å². The largest absolute Gasteiger partial charge is 0.351 e. The molecule has 0 spiro atoms. The van der Waals surface area contributed by atoms with E-state index in [1.807, 2.05) is 17.5 Å². The molecule has 2 atom stereocenters. The van der Waals surface area contributed by atoms with Crippen molar-refractivity contribution in [2.75, 3.05) is 0 Å². The Balaban J connectivity index is 0.00000144. The van der Waals surface area contributed by atoms with E-state index < -0.39 is 0 Å². The zero-order valence-corrected chi connectivity index (χ0v) is 11.4. The zero-order valence-electron chi connectivity index (χ0n) is 9.72. The van der Waals surface area contributed by atoms with Crippen LogP contribution in [0.3, 0.4) is 0 Å². The second-order valence-electron chi connectivity index (χ2n) is 4.42. The quantitative estimate of drug-likeness (QED) is 0.889. The Bertz CT molecular complexity index is 342. The first kappa shape index (κ1) is 14.5. The molecule has 0 radical (unpaired) electrons. The van der Waals surface area contributed by atoms with Crippen LogP contribution in [0.5, 0.6) is 0 Å². The molecule has 1 amide bonds. The van der Waals surface area contributed by atoms with Gasteiger partial charge in [-0.1, -0.05) is 12.5 Å². The summed E-state index contributed by atoms with van der Waals surface area (Å²) in [5, 5.41) is 5.02. The average Bonchev–Trinajstić information content (AvgIpc) is 2.78. The van der Waals surface area contributed by atoms with Gasteiger partial charge in [0.15, 0.2) is 0 Å². The van der Waals surface area contributed by atoms with Gasteiger partial charge in [-0.2, -0.15) is 0 Å². The van der Waals surface area contributed by atoms with E-state index in [1.54, 1.807) is 11.3 Å². The van der Waals surface area contributed by atoms with Gasteiger partial charge in [0.05, 0.1) is 6.54 Å². The molecule has 1 fully saturated rings. The van der Waals surface area contributed by atoms with Crippen LogP contribution in [0.1, 0.15) is 30.6 Å². The number of hydrogen-bond acceptors (Lipinski definition) is 3. The first-order valence-electron chi connectivity index (χ1n) is 5.81. The smallest absolute Gasteiger partial charge is 0.223 e. The molecule has 1 aliphatic rings. The van der Waals surface area contributed by atoms with E-state index in [0.29, 0.717) is 6.54 Å². The van der Waals surface area contributed by atoms with E-state index in [-0.39, 0.29) is 30.3 Å². The first-order valence-corrected chi connectivity index (χ1v) is 6.69. The number of nitrogens with one attached hydrogen (secondary N) is 1. The molecule has 17 heavy (non-hydrogen) atoms. The summed E-state index contributed by atoms with van der Waals surface area (Å²) in [7, 11) is 0. The van der Waals surface area contributed by atoms with Gasteiger partial charge in [0.25, 0.3) is 0 Å². The van der Waals surface area contributed by atoms with Crippen LogP contribution in [-0.4, -0.2) is 11.9 Å². The van der Waals surface area contributed by atoms with Gasteiger partial charge >= 0.3 is 0 Å². The van der Waals surface area contributed by atoms with Crippen LogP contribution in [0.25, 0.3) is 0 Å². The molecule has 96 valence electrons. The Morgan fingerprint density at radius 2 is 2.35 bits per heavy atom. The van der Waals surface area contributed by atoms with E-state index in [2.05, 4.69) is 5.32 Å². The van der Waals surface area contributed by atoms with E-state index in [4.69, 9.17) is 5.73 Å². The van der Waals surface area contributed by atoms with Crippen LogP contribution in [0.15, 0.2) is 17.5 Å². The van der Waals surface area contributed by atoms with Crippen LogP contribution in [0.4, 0.5) is 0 Å². The van der Waals surface area contributed by atoms with Crippen molar-refractivity contribution in [2.45, 2.75) is 38.3 Å². The van der Waals surface area contributed by atoms with E-state index in [9.17, 15) is 4.79 Å². The molecular formula is C12H19ClN2OS. The highest BCUT2D eigenvalue weighted by Gasteiger charge is 2.24. The summed E-state index contributed by atoms with van der Waals surface area (Å²) in [5.41, 5.74) is 5.88. The summed E-state index contributed by atoms with van der Waals surface area (Å²) in [6, 6.07) is 4.26. The number of hydrogen-bond donors (Lipinski definition) is 2. The minimum atomic E-state index is 0. The summed E-state index contributed by atoms with van der Waals surface area (Å²) in [6.07, 6.45) is 3.98. The second kappa shape index (κ2) is 6.99. The molecule has 2 rings (SSSR count). The lowest BCUT2D eigenvalue weighted by Gasteiger charge is -2.25. The Morgan fingerprint density at radius 3 is 3.00 bits per heavy atom. The molecule has 1 aliphatic carbocycles. The topological polar surface area (TPSA) is 55.1 Å². The highest BCUT2D eigenvalue weighted by Crippen LogP contribution is 2.23. The number of halogens is 1. The summed E-state index contributed by atoms with van der Waals surface area (Å²) >= 11 is 1.67. The number of amides is 1. The molecule has 0 aromatic carbocycles. The fraction of sp³-hybridized carbons (Fsp3) is 0.583. The minimum absolute atomic E-state index is 0. The van der Waals surface area contributed by atoms with Gasteiger partial charge in [-0.15, -0.1) is 23.7 Å². The number of carbonyl (C=O) groups excluding carboxylic acids is 1. The zero-order chi connectivity index (χ0) is 11.4.